The van der Waals surface area contributed by atoms with Gasteiger partial charge in [-0.3, -0.25) is 14.6 Å². The Balaban J connectivity index is 1.87. The highest BCUT2D eigenvalue weighted by molar-refractivity contribution is 6.05. The van der Waals surface area contributed by atoms with E-state index in [1.165, 1.54) is 24.3 Å². The molecule has 1 N–H and O–H groups in total. The summed E-state index contributed by atoms with van der Waals surface area (Å²) in [5.74, 6) is -1.67. The van der Waals surface area contributed by atoms with Gasteiger partial charge >= 0.3 is 0 Å². The Bertz CT molecular complexity index is 818. The summed E-state index contributed by atoms with van der Waals surface area (Å²) in [4.78, 5) is 30.9. The van der Waals surface area contributed by atoms with E-state index in [9.17, 15) is 14.0 Å². The van der Waals surface area contributed by atoms with Crippen molar-refractivity contribution in [2.75, 3.05) is 26.3 Å². The molecule has 1 aromatic heterocycles. The minimum absolute atomic E-state index is 0.0631. The summed E-state index contributed by atoms with van der Waals surface area (Å²) in [6.07, 6.45) is 4.71. The van der Waals surface area contributed by atoms with Crippen LogP contribution in [-0.2, 0) is 9.53 Å². The van der Waals surface area contributed by atoms with Crippen molar-refractivity contribution in [1.82, 2.24) is 15.2 Å². The zero-order chi connectivity index (χ0) is 18.4. The number of morpholine rings is 1. The maximum absolute atomic E-state index is 13.9. The molecule has 3 rings (SSSR count). The van der Waals surface area contributed by atoms with Gasteiger partial charge in [-0.1, -0.05) is 18.2 Å². The molecule has 2 aromatic rings. The van der Waals surface area contributed by atoms with Gasteiger partial charge < -0.3 is 15.0 Å². The number of carbonyl (C=O) groups excluding carboxylic acids is 2. The van der Waals surface area contributed by atoms with Crippen LogP contribution in [0.3, 0.4) is 0 Å². The van der Waals surface area contributed by atoms with Crippen LogP contribution < -0.4 is 5.32 Å². The molecule has 0 aliphatic carbocycles. The van der Waals surface area contributed by atoms with Gasteiger partial charge in [0.1, 0.15) is 11.5 Å². The normalized spacial score (nSPS) is 14.8. The molecule has 0 saturated carbocycles. The van der Waals surface area contributed by atoms with Crippen LogP contribution in [0.4, 0.5) is 4.39 Å². The summed E-state index contributed by atoms with van der Waals surface area (Å²) in [5, 5.41) is 2.54. The zero-order valence-corrected chi connectivity index (χ0v) is 14.0. The average Bonchev–Trinajstić information content (AvgIpc) is 2.68. The number of aromatic nitrogens is 1. The molecular weight excluding hydrogens is 337 g/mol. The van der Waals surface area contributed by atoms with Gasteiger partial charge in [-0.2, -0.15) is 0 Å². The van der Waals surface area contributed by atoms with Crippen LogP contribution in [0, 0.1) is 5.82 Å². The van der Waals surface area contributed by atoms with E-state index in [2.05, 4.69) is 10.3 Å². The third-order valence-corrected chi connectivity index (χ3v) is 3.89. The van der Waals surface area contributed by atoms with Gasteiger partial charge in [0.15, 0.2) is 0 Å². The lowest BCUT2D eigenvalue weighted by Crippen LogP contribution is -2.44. The molecule has 0 radical (unpaired) electrons. The van der Waals surface area contributed by atoms with Crippen LogP contribution in [0.1, 0.15) is 15.9 Å². The Hall–Kier alpha value is -3.06. The number of benzene rings is 1. The molecule has 1 saturated heterocycles. The first-order valence-electron chi connectivity index (χ1n) is 8.20. The lowest BCUT2D eigenvalue weighted by molar-refractivity contribution is -0.131. The van der Waals surface area contributed by atoms with Gasteiger partial charge in [0.25, 0.3) is 11.8 Å². The molecule has 0 spiro atoms. The second-order valence-electron chi connectivity index (χ2n) is 5.68. The fraction of sp³-hybridized carbons (Fsp3) is 0.211. The second kappa shape index (κ2) is 8.35. The zero-order valence-electron chi connectivity index (χ0n) is 14.0. The molecule has 0 unspecified atom stereocenters. The average molecular weight is 355 g/mol. The monoisotopic (exact) mass is 355 g/mol. The summed E-state index contributed by atoms with van der Waals surface area (Å²) in [7, 11) is 0. The third-order valence-electron chi connectivity index (χ3n) is 3.89. The van der Waals surface area contributed by atoms with Crippen molar-refractivity contribution in [3.8, 4) is 0 Å². The van der Waals surface area contributed by atoms with E-state index in [0.717, 1.165) is 0 Å². The molecule has 1 aliphatic rings. The molecule has 2 amide bonds. The van der Waals surface area contributed by atoms with Crippen molar-refractivity contribution >= 4 is 17.9 Å². The molecule has 6 nitrogen and oxygen atoms in total. The first-order valence-corrected chi connectivity index (χ1v) is 8.20. The van der Waals surface area contributed by atoms with Crippen LogP contribution in [0.15, 0.2) is 54.5 Å². The number of rotatable bonds is 4. The molecule has 7 heteroatoms. The van der Waals surface area contributed by atoms with Gasteiger partial charge in [0.05, 0.1) is 18.8 Å². The van der Waals surface area contributed by atoms with E-state index in [0.29, 0.717) is 31.9 Å². The standard InChI is InChI=1S/C19H18FN3O3/c20-16-6-2-1-5-15(16)18(24)22-17(12-14-4-3-7-21-13-14)19(25)23-8-10-26-11-9-23/h1-7,12-13H,8-11H2,(H,22,24). The number of nitrogens with zero attached hydrogens (tertiary/aromatic N) is 2. The van der Waals surface area contributed by atoms with E-state index in [1.807, 2.05) is 0 Å². The molecule has 1 aliphatic heterocycles. The Morgan fingerprint density at radius 2 is 1.92 bits per heavy atom. The molecular formula is C19H18FN3O3. The molecule has 1 fully saturated rings. The van der Waals surface area contributed by atoms with Crippen LogP contribution >= 0.6 is 0 Å². The van der Waals surface area contributed by atoms with Gasteiger partial charge in [-0.15, -0.1) is 0 Å². The number of nitrogens with one attached hydrogen (secondary N) is 1. The number of halogens is 1. The van der Waals surface area contributed by atoms with Crippen molar-refractivity contribution in [2.45, 2.75) is 0 Å². The molecule has 0 bridgehead atoms. The van der Waals surface area contributed by atoms with Crippen LogP contribution in [0.25, 0.3) is 6.08 Å². The minimum Gasteiger partial charge on any atom is -0.378 e. The smallest absolute Gasteiger partial charge is 0.270 e. The molecule has 2 heterocycles. The van der Waals surface area contributed by atoms with Crippen molar-refractivity contribution in [3.63, 3.8) is 0 Å². The Morgan fingerprint density at radius 1 is 1.15 bits per heavy atom. The van der Waals surface area contributed by atoms with Crippen molar-refractivity contribution < 1.29 is 18.7 Å². The summed E-state index contributed by atoms with van der Waals surface area (Å²) in [5.41, 5.74) is 0.588. The predicted octanol–water partition coefficient (Wildman–Crippen LogP) is 1.85. The number of amides is 2. The SMILES string of the molecule is O=C(NC(=Cc1cccnc1)C(=O)N1CCOCC1)c1ccccc1F. The second-order valence-corrected chi connectivity index (χ2v) is 5.68. The minimum atomic E-state index is -0.681. The molecule has 26 heavy (non-hydrogen) atoms. The van der Waals surface area contributed by atoms with E-state index >= 15 is 0 Å². The maximum atomic E-state index is 13.9. The fourth-order valence-electron chi connectivity index (χ4n) is 2.55. The largest absolute Gasteiger partial charge is 0.378 e. The summed E-state index contributed by atoms with van der Waals surface area (Å²) in [6, 6.07) is 9.11. The Morgan fingerprint density at radius 3 is 2.62 bits per heavy atom. The number of hydrogen-bond donors (Lipinski definition) is 1. The first-order chi connectivity index (χ1) is 12.6. The lowest BCUT2D eigenvalue weighted by atomic mass is 10.1. The molecule has 134 valence electrons. The van der Waals surface area contributed by atoms with E-state index < -0.39 is 11.7 Å². The summed E-state index contributed by atoms with van der Waals surface area (Å²) in [6.45, 7) is 1.73. The highest BCUT2D eigenvalue weighted by Gasteiger charge is 2.23. The Kier molecular flexibility index (Phi) is 5.70. The van der Waals surface area contributed by atoms with Gasteiger partial charge in [-0.25, -0.2) is 4.39 Å². The van der Waals surface area contributed by atoms with Crippen molar-refractivity contribution in [1.29, 1.82) is 0 Å². The number of hydrogen-bond acceptors (Lipinski definition) is 4. The topological polar surface area (TPSA) is 71.5 Å². The van der Waals surface area contributed by atoms with E-state index in [-0.39, 0.29) is 17.2 Å². The third kappa shape index (κ3) is 4.31. The summed E-state index contributed by atoms with van der Waals surface area (Å²) >= 11 is 0. The number of carbonyl (C=O) groups is 2. The van der Waals surface area contributed by atoms with Crippen LogP contribution in [0.2, 0.25) is 0 Å². The van der Waals surface area contributed by atoms with Crippen molar-refractivity contribution in [3.05, 3.63) is 71.4 Å². The molecule has 1 aromatic carbocycles. The fourth-order valence-corrected chi connectivity index (χ4v) is 2.55. The predicted molar refractivity (Wildman–Crippen MR) is 93.5 cm³/mol. The van der Waals surface area contributed by atoms with Gasteiger partial charge in [0, 0.05) is 25.5 Å². The van der Waals surface area contributed by atoms with Crippen molar-refractivity contribution in [2.24, 2.45) is 0 Å². The van der Waals surface area contributed by atoms with Gasteiger partial charge in [-0.05, 0) is 29.8 Å². The lowest BCUT2D eigenvalue weighted by Gasteiger charge is -2.27. The first kappa shape index (κ1) is 17.8. The summed E-state index contributed by atoms with van der Waals surface area (Å²) < 4.78 is 19.1. The number of ether oxygens (including phenoxy) is 1. The Labute approximate surface area is 150 Å². The van der Waals surface area contributed by atoms with Gasteiger partial charge in [0.2, 0.25) is 0 Å². The molecule has 0 atom stereocenters. The highest BCUT2D eigenvalue weighted by atomic mass is 19.1. The van der Waals surface area contributed by atoms with E-state index in [1.54, 1.807) is 35.5 Å². The number of pyridine rings is 1. The quantitative estimate of drug-likeness (QED) is 0.850. The van der Waals surface area contributed by atoms with E-state index in [4.69, 9.17) is 4.74 Å². The van der Waals surface area contributed by atoms with Crippen LogP contribution in [-0.4, -0.2) is 48.0 Å². The maximum Gasteiger partial charge on any atom is 0.270 e. The van der Waals surface area contributed by atoms with Crippen LogP contribution in [0.5, 0.6) is 0 Å². The highest BCUT2D eigenvalue weighted by Crippen LogP contribution is 2.12.